The molecule has 0 saturated carbocycles. The molecule has 7 heteroatoms. The lowest BCUT2D eigenvalue weighted by Gasteiger charge is -2.11. The molecule has 2 aromatic rings. The van der Waals surface area contributed by atoms with E-state index in [-0.39, 0.29) is 0 Å². The first-order valence-electron chi connectivity index (χ1n) is 6.37. The third-order valence-corrected chi connectivity index (χ3v) is 3.90. The molecule has 0 saturated heterocycles. The standard InChI is InChI=1S/C14H15Br2N3O2/c1-3-4-13-18-12(17)7-14(19-13)21-11-6-8(15)10(20-2)5-9(11)16/h5-7H,3-4H2,1-2H3,(H2,17,18,19). The van der Waals surface area contributed by atoms with Crippen molar-refractivity contribution >= 4 is 37.7 Å². The molecule has 0 atom stereocenters. The maximum atomic E-state index is 5.79. The molecule has 0 radical (unpaired) electrons. The summed E-state index contributed by atoms with van der Waals surface area (Å²) in [5.41, 5.74) is 5.78. The average Bonchev–Trinajstić information content (AvgIpc) is 2.42. The van der Waals surface area contributed by atoms with Gasteiger partial charge in [-0.25, -0.2) is 4.98 Å². The van der Waals surface area contributed by atoms with Gasteiger partial charge in [0.1, 0.15) is 23.1 Å². The van der Waals surface area contributed by atoms with Crippen molar-refractivity contribution in [1.82, 2.24) is 9.97 Å². The van der Waals surface area contributed by atoms with Gasteiger partial charge in [0.15, 0.2) is 0 Å². The predicted molar refractivity (Wildman–Crippen MR) is 88.9 cm³/mol. The highest BCUT2D eigenvalue weighted by Gasteiger charge is 2.11. The second-order valence-electron chi connectivity index (χ2n) is 4.32. The minimum absolute atomic E-state index is 0.396. The minimum Gasteiger partial charge on any atom is -0.496 e. The number of aromatic nitrogens is 2. The van der Waals surface area contributed by atoms with Gasteiger partial charge in [-0.15, -0.1) is 0 Å². The summed E-state index contributed by atoms with van der Waals surface area (Å²) in [5, 5.41) is 0. The van der Waals surface area contributed by atoms with Crippen molar-refractivity contribution in [1.29, 1.82) is 0 Å². The molecule has 0 bridgehead atoms. The topological polar surface area (TPSA) is 70.3 Å². The molecule has 1 aromatic carbocycles. The van der Waals surface area contributed by atoms with Crippen molar-refractivity contribution in [3.05, 3.63) is 33.0 Å². The van der Waals surface area contributed by atoms with Crippen LogP contribution in [-0.4, -0.2) is 17.1 Å². The van der Waals surface area contributed by atoms with Crippen LogP contribution < -0.4 is 15.2 Å². The second kappa shape index (κ2) is 7.09. The highest BCUT2D eigenvalue weighted by molar-refractivity contribution is 9.11. The number of hydrogen-bond acceptors (Lipinski definition) is 5. The first-order chi connectivity index (χ1) is 10.0. The number of halogens is 2. The van der Waals surface area contributed by atoms with Gasteiger partial charge in [0, 0.05) is 12.5 Å². The quantitative estimate of drug-likeness (QED) is 0.784. The van der Waals surface area contributed by atoms with E-state index >= 15 is 0 Å². The molecule has 1 aromatic heterocycles. The van der Waals surface area contributed by atoms with E-state index in [1.807, 2.05) is 6.07 Å². The molecule has 0 fully saturated rings. The predicted octanol–water partition coefficient (Wildman–Crippen LogP) is 4.34. The number of ether oxygens (including phenoxy) is 2. The number of rotatable bonds is 5. The van der Waals surface area contributed by atoms with Crippen LogP contribution in [0.1, 0.15) is 19.2 Å². The van der Waals surface area contributed by atoms with Crippen molar-refractivity contribution in [3.63, 3.8) is 0 Å². The number of nitrogen functional groups attached to an aromatic ring is 1. The number of nitrogens with two attached hydrogens (primary N) is 1. The summed E-state index contributed by atoms with van der Waals surface area (Å²) in [4.78, 5) is 8.53. The SMILES string of the molecule is CCCc1nc(N)cc(Oc2cc(Br)c(OC)cc2Br)n1. The van der Waals surface area contributed by atoms with Crippen LogP contribution in [0.5, 0.6) is 17.4 Å². The first kappa shape index (κ1) is 16.0. The van der Waals surface area contributed by atoms with Gasteiger partial charge in [-0.05, 0) is 50.4 Å². The van der Waals surface area contributed by atoms with E-state index in [0.717, 1.165) is 21.8 Å². The summed E-state index contributed by atoms with van der Waals surface area (Å²) in [6, 6.07) is 5.22. The molecular formula is C14H15Br2N3O2. The monoisotopic (exact) mass is 415 g/mol. The van der Waals surface area contributed by atoms with Gasteiger partial charge in [0.2, 0.25) is 5.88 Å². The summed E-state index contributed by atoms with van der Waals surface area (Å²) in [7, 11) is 1.61. The Labute approximate surface area is 140 Å². The zero-order valence-electron chi connectivity index (χ0n) is 11.7. The Bertz CT molecular complexity index is 650. The Balaban J connectivity index is 2.31. The Kier molecular flexibility index (Phi) is 5.41. The fourth-order valence-electron chi connectivity index (χ4n) is 1.74. The van der Waals surface area contributed by atoms with Crippen LogP contribution in [0.15, 0.2) is 27.1 Å². The van der Waals surface area contributed by atoms with E-state index in [4.69, 9.17) is 15.2 Å². The zero-order chi connectivity index (χ0) is 15.4. The molecule has 112 valence electrons. The Morgan fingerprint density at radius 1 is 1.10 bits per heavy atom. The molecule has 2 rings (SSSR count). The fourth-order valence-corrected chi connectivity index (χ4v) is 2.63. The number of anilines is 1. The van der Waals surface area contributed by atoms with E-state index < -0.39 is 0 Å². The summed E-state index contributed by atoms with van der Waals surface area (Å²) in [6.07, 6.45) is 1.70. The highest BCUT2D eigenvalue weighted by atomic mass is 79.9. The van der Waals surface area contributed by atoms with E-state index in [1.54, 1.807) is 19.2 Å². The van der Waals surface area contributed by atoms with Crippen LogP contribution in [0.2, 0.25) is 0 Å². The van der Waals surface area contributed by atoms with Gasteiger partial charge >= 0.3 is 0 Å². The average molecular weight is 417 g/mol. The van der Waals surface area contributed by atoms with Gasteiger partial charge in [-0.3, -0.25) is 0 Å². The molecule has 5 nitrogen and oxygen atoms in total. The van der Waals surface area contributed by atoms with Gasteiger partial charge in [-0.2, -0.15) is 4.98 Å². The molecule has 0 unspecified atom stereocenters. The van der Waals surface area contributed by atoms with Gasteiger partial charge < -0.3 is 15.2 Å². The van der Waals surface area contributed by atoms with E-state index in [1.165, 1.54) is 0 Å². The van der Waals surface area contributed by atoms with E-state index in [2.05, 4.69) is 48.8 Å². The molecule has 0 aliphatic heterocycles. The maximum Gasteiger partial charge on any atom is 0.224 e. The molecule has 0 amide bonds. The summed E-state index contributed by atoms with van der Waals surface area (Å²) in [5.74, 6) is 2.82. The third kappa shape index (κ3) is 4.07. The summed E-state index contributed by atoms with van der Waals surface area (Å²) in [6.45, 7) is 2.06. The number of methoxy groups -OCH3 is 1. The van der Waals surface area contributed by atoms with Crippen molar-refractivity contribution < 1.29 is 9.47 Å². The zero-order valence-corrected chi connectivity index (χ0v) is 14.9. The minimum atomic E-state index is 0.396. The lowest BCUT2D eigenvalue weighted by atomic mass is 10.3. The van der Waals surface area contributed by atoms with Crippen LogP contribution in [0.3, 0.4) is 0 Å². The van der Waals surface area contributed by atoms with Crippen molar-refractivity contribution in [2.24, 2.45) is 0 Å². The molecule has 0 spiro atoms. The van der Waals surface area contributed by atoms with Crippen molar-refractivity contribution in [2.75, 3.05) is 12.8 Å². The smallest absolute Gasteiger partial charge is 0.224 e. The van der Waals surface area contributed by atoms with Crippen LogP contribution in [-0.2, 0) is 6.42 Å². The maximum absolute atomic E-state index is 5.79. The lowest BCUT2D eigenvalue weighted by Crippen LogP contribution is -2.01. The van der Waals surface area contributed by atoms with Crippen LogP contribution in [0, 0.1) is 0 Å². The molecule has 21 heavy (non-hydrogen) atoms. The molecule has 0 aliphatic carbocycles. The fraction of sp³-hybridized carbons (Fsp3) is 0.286. The number of hydrogen-bond donors (Lipinski definition) is 1. The largest absolute Gasteiger partial charge is 0.496 e. The first-order valence-corrected chi connectivity index (χ1v) is 7.96. The summed E-state index contributed by atoms with van der Waals surface area (Å²) >= 11 is 6.87. The molecule has 2 N–H and O–H groups in total. The normalized spacial score (nSPS) is 10.5. The van der Waals surface area contributed by atoms with Gasteiger partial charge in [-0.1, -0.05) is 6.92 Å². The molecule has 0 aliphatic rings. The van der Waals surface area contributed by atoms with Gasteiger partial charge in [0.05, 0.1) is 16.1 Å². The molecule has 1 heterocycles. The van der Waals surface area contributed by atoms with E-state index in [0.29, 0.717) is 29.0 Å². The van der Waals surface area contributed by atoms with Crippen molar-refractivity contribution in [3.8, 4) is 17.4 Å². The Morgan fingerprint density at radius 2 is 1.76 bits per heavy atom. The van der Waals surface area contributed by atoms with Crippen LogP contribution in [0.25, 0.3) is 0 Å². The van der Waals surface area contributed by atoms with Crippen molar-refractivity contribution in [2.45, 2.75) is 19.8 Å². The Morgan fingerprint density at radius 3 is 2.43 bits per heavy atom. The summed E-state index contributed by atoms with van der Waals surface area (Å²) < 4.78 is 12.6. The number of nitrogens with zero attached hydrogens (tertiary/aromatic N) is 2. The van der Waals surface area contributed by atoms with Crippen LogP contribution >= 0.6 is 31.9 Å². The third-order valence-electron chi connectivity index (χ3n) is 2.66. The lowest BCUT2D eigenvalue weighted by molar-refractivity contribution is 0.408. The Hall–Kier alpha value is -1.34. The van der Waals surface area contributed by atoms with E-state index in [9.17, 15) is 0 Å². The van der Waals surface area contributed by atoms with Crippen LogP contribution in [0.4, 0.5) is 5.82 Å². The van der Waals surface area contributed by atoms with Gasteiger partial charge in [0.25, 0.3) is 0 Å². The highest BCUT2D eigenvalue weighted by Crippen LogP contribution is 2.37. The molecular weight excluding hydrogens is 402 g/mol. The number of aryl methyl sites for hydroxylation is 1. The second-order valence-corrected chi connectivity index (χ2v) is 6.03. The number of benzene rings is 1.